The average molecular weight is 288 g/mol. The molecule has 1 heterocycles. The summed E-state index contributed by atoms with van der Waals surface area (Å²) in [7, 11) is 3.71. The van der Waals surface area contributed by atoms with Gasteiger partial charge in [0, 0.05) is 49.9 Å². The van der Waals surface area contributed by atoms with E-state index in [2.05, 4.69) is 4.98 Å². The lowest BCUT2D eigenvalue weighted by atomic mass is 10.1. The zero-order chi connectivity index (χ0) is 15.6. The number of aromatic nitrogens is 2. The summed E-state index contributed by atoms with van der Waals surface area (Å²) >= 11 is 0. The molecule has 110 valence electrons. The minimum atomic E-state index is -0.505. The number of ketones is 1. The van der Waals surface area contributed by atoms with Crippen molar-refractivity contribution in [2.24, 2.45) is 7.05 Å². The Morgan fingerprint density at radius 1 is 1.48 bits per heavy atom. The first-order chi connectivity index (χ1) is 9.90. The van der Waals surface area contributed by atoms with Gasteiger partial charge in [0.2, 0.25) is 0 Å². The van der Waals surface area contributed by atoms with Gasteiger partial charge in [0.25, 0.3) is 5.69 Å². The highest BCUT2D eigenvalue weighted by atomic mass is 16.6. The molecule has 0 radical (unpaired) electrons. The number of anilines is 1. The lowest BCUT2D eigenvalue weighted by Gasteiger charge is -2.21. The van der Waals surface area contributed by atoms with Gasteiger partial charge in [0.05, 0.1) is 11.5 Å². The molecule has 0 saturated carbocycles. The number of imidazole rings is 1. The van der Waals surface area contributed by atoms with Gasteiger partial charge in [-0.2, -0.15) is 0 Å². The maximum atomic E-state index is 11.7. The Balaban J connectivity index is 2.36. The Morgan fingerprint density at radius 3 is 2.71 bits per heavy atom. The number of nitrogens with zero attached hydrogens (tertiary/aromatic N) is 4. The molecule has 7 nitrogen and oxygen atoms in total. The van der Waals surface area contributed by atoms with Gasteiger partial charge in [-0.05, 0) is 13.0 Å². The molecule has 0 N–H and O–H groups in total. The van der Waals surface area contributed by atoms with Crippen LogP contribution in [0.3, 0.4) is 0 Å². The number of carbonyl (C=O) groups is 1. The average Bonchev–Trinajstić information content (AvgIpc) is 2.83. The first kappa shape index (κ1) is 14.7. The lowest BCUT2D eigenvalue weighted by molar-refractivity contribution is -0.384. The van der Waals surface area contributed by atoms with Crippen molar-refractivity contribution in [1.29, 1.82) is 0 Å². The highest BCUT2D eigenvalue weighted by Gasteiger charge is 2.17. The third kappa shape index (κ3) is 3.07. The van der Waals surface area contributed by atoms with Crippen molar-refractivity contribution >= 4 is 17.2 Å². The standard InChI is InChI=1S/C14H16N4O3/c1-10(19)12-8-11(18(20)21)4-5-13(12)17(3)9-14-15-6-7-16(14)2/h4-8H,9H2,1-3H3. The van der Waals surface area contributed by atoms with Crippen LogP contribution in [0.25, 0.3) is 0 Å². The number of rotatable bonds is 5. The third-order valence-corrected chi connectivity index (χ3v) is 3.28. The van der Waals surface area contributed by atoms with Crippen LogP contribution in [0.4, 0.5) is 11.4 Å². The van der Waals surface area contributed by atoms with Crippen molar-refractivity contribution in [1.82, 2.24) is 9.55 Å². The number of benzene rings is 1. The number of aryl methyl sites for hydroxylation is 1. The van der Waals surface area contributed by atoms with Crippen LogP contribution >= 0.6 is 0 Å². The molecule has 0 aliphatic heterocycles. The van der Waals surface area contributed by atoms with E-state index < -0.39 is 4.92 Å². The Bertz CT molecular complexity index is 693. The van der Waals surface area contributed by atoms with Gasteiger partial charge in [0.15, 0.2) is 5.78 Å². The number of nitro groups is 1. The number of non-ortho nitro benzene ring substituents is 1. The molecule has 0 amide bonds. The summed E-state index contributed by atoms with van der Waals surface area (Å²) < 4.78 is 1.88. The molecule has 0 aliphatic carbocycles. The predicted molar refractivity (Wildman–Crippen MR) is 78.4 cm³/mol. The Morgan fingerprint density at radius 2 is 2.19 bits per heavy atom. The van der Waals surface area contributed by atoms with Gasteiger partial charge in [-0.25, -0.2) is 4.98 Å². The fraction of sp³-hybridized carbons (Fsp3) is 0.286. The first-order valence-electron chi connectivity index (χ1n) is 6.37. The van der Waals surface area contributed by atoms with Crippen LogP contribution in [-0.4, -0.2) is 27.3 Å². The second-order valence-corrected chi connectivity index (χ2v) is 4.83. The van der Waals surface area contributed by atoms with E-state index in [4.69, 9.17) is 0 Å². The van der Waals surface area contributed by atoms with Gasteiger partial charge in [-0.3, -0.25) is 14.9 Å². The highest BCUT2D eigenvalue weighted by Crippen LogP contribution is 2.26. The van der Waals surface area contributed by atoms with Crippen molar-refractivity contribution in [2.45, 2.75) is 13.5 Å². The van der Waals surface area contributed by atoms with Gasteiger partial charge in [0.1, 0.15) is 5.82 Å². The summed E-state index contributed by atoms with van der Waals surface area (Å²) in [6, 6.07) is 4.31. The van der Waals surface area contributed by atoms with Gasteiger partial charge in [-0.1, -0.05) is 0 Å². The monoisotopic (exact) mass is 288 g/mol. The Kier molecular flexibility index (Phi) is 4.02. The largest absolute Gasteiger partial charge is 0.367 e. The maximum absolute atomic E-state index is 11.7. The summed E-state index contributed by atoms with van der Waals surface area (Å²) in [5.74, 6) is 0.630. The van der Waals surface area contributed by atoms with Crippen molar-refractivity contribution in [3.63, 3.8) is 0 Å². The van der Waals surface area contributed by atoms with Crippen LogP contribution in [0.1, 0.15) is 23.1 Å². The Hall–Kier alpha value is -2.70. The fourth-order valence-electron chi connectivity index (χ4n) is 2.10. The second kappa shape index (κ2) is 5.74. The molecule has 21 heavy (non-hydrogen) atoms. The number of Topliss-reactive ketones (excluding diaryl/α,β-unsaturated/α-hetero) is 1. The van der Waals surface area contributed by atoms with E-state index in [0.29, 0.717) is 17.8 Å². The molecule has 0 spiro atoms. The van der Waals surface area contributed by atoms with Gasteiger partial charge < -0.3 is 9.47 Å². The maximum Gasteiger partial charge on any atom is 0.270 e. The lowest BCUT2D eigenvalue weighted by Crippen LogP contribution is -2.21. The van der Waals surface area contributed by atoms with Gasteiger partial charge >= 0.3 is 0 Å². The van der Waals surface area contributed by atoms with Crippen molar-refractivity contribution < 1.29 is 9.72 Å². The summed E-state index contributed by atoms with van der Waals surface area (Å²) in [6.45, 7) is 1.90. The molecular formula is C14H16N4O3. The smallest absolute Gasteiger partial charge is 0.270 e. The molecule has 0 bridgehead atoms. The quantitative estimate of drug-likeness (QED) is 0.478. The number of hydrogen-bond acceptors (Lipinski definition) is 5. The molecule has 1 aromatic heterocycles. The van der Waals surface area contributed by atoms with E-state index in [1.54, 1.807) is 12.3 Å². The third-order valence-electron chi connectivity index (χ3n) is 3.28. The van der Waals surface area contributed by atoms with Gasteiger partial charge in [-0.15, -0.1) is 0 Å². The van der Waals surface area contributed by atoms with Crippen molar-refractivity contribution in [3.05, 3.63) is 52.1 Å². The van der Waals surface area contributed by atoms with Crippen LogP contribution in [0.2, 0.25) is 0 Å². The van der Waals surface area contributed by atoms with E-state index in [0.717, 1.165) is 5.82 Å². The minimum Gasteiger partial charge on any atom is -0.367 e. The second-order valence-electron chi connectivity index (χ2n) is 4.83. The van der Waals surface area contributed by atoms with Crippen LogP contribution in [-0.2, 0) is 13.6 Å². The molecular weight excluding hydrogens is 272 g/mol. The molecule has 0 saturated heterocycles. The number of hydrogen-bond donors (Lipinski definition) is 0. The van der Waals surface area contributed by atoms with E-state index in [1.165, 1.54) is 19.1 Å². The van der Waals surface area contributed by atoms with Crippen LogP contribution in [0.5, 0.6) is 0 Å². The molecule has 7 heteroatoms. The summed E-state index contributed by atoms with van der Waals surface area (Å²) in [5, 5.41) is 10.8. The normalized spacial score (nSPS) is 10.4. The summed E-state index contributed by atoms with van der Waals surface area (Å²) in [4.78, 5) is 28.1. The zero-order valence-electron chi connectivity index (χ0n) is 12.1. The summed E-state index contributed by atoms with van der Waals surface area (Å²) in [6.07, 6.45) is 3.54. The molecule has 2 aromatic rings. The van der Waals surface area contributed by atoms with E-state index in [9.17, 15) is 14.9 Å². The van der Waals surface area contributed by atoms with E-state index in [1.807, 2.05) is 29.8 Å². The molecule has 0 fully saturated rings. The van der Waals surface area contributed by atoms with E-state index in [-0.39, 0.29) is 11.5 Å². The highest BCUT2D eigenvalue weighted by molar-refractivity contribution is 6.00. The summed E-state index contributed by atoms with van der Waals surface area (Å²) in [5.41, 5.74) is 0.895. The number of carbonyl (C=O) groups excluding carboxylic acids is 1. The van der Waals surface area contributed by atoms with Crippen molar-refractivity contribution in [3.8, 4) is 0 Å². The molecule has 0 aliphatic rings. The molecule has 1 aromatic carbocycles. The Labute approximate surface area is 122 Å². The molecule has 2 rings (SSSR count). The number of nitro benzene ring substituents is 1. The zero-order valence-corrected chi connectivity index (χ0v) is 12.1. The van der Waals surface area contributed by atoms with Crippen LogP contribution in [0, 0.1) is 10.1 Å². The van der Waals surface area contributed by atoms with Crippen molar-refractivity contribution in [2.75, 3.05) is 11.9 Å². The molecule has 0 unspecified atom stereocenters. The van der Waals surface area contributed by atoms with E-state index >= 15 is 0 Å². The fourth-order valence-corrected chi connectivity index (χ4v) is 2.10. The molecule has 0 atom stereocenters. The minimum absolute atomic E-state index is 0.0886. The van der Waals surface area contributed by atoms with Crippen LogP contribution in [0.15, 0.2) is 30.6 Å². The predicted octanol–water partition coefficient (Wildman–Crippen LogP) is 2.17. The SMILES string of the molecule is CC(=O)c1cc([N+](=O)[O-])ccc1N(C)Cc1nccn1C. The van der Waals surface area contributed by atoms with Crippen LogP contribution < -0.4 is 4.90 Å². The first-order valence-corrected chi connectivity index (χ1v) is 6.37. The topological polar surface area (TPSA) is 81.3 Å².